The van der Waals surface area contributed by atoms with Crippen molar-refractivity contribution in [1.29, 1.82) is 0 Å². The summed E-state index contributed by atoms with van der Waals surface area (Å²) in [7, 11) is 1.39. The maximum absolute atomic E-state index is 15.1. The van der Waals surface area contributed by atoms with Crippen molar-refractivity contribution in [1.82, 2.24) is 19.4 Å². The molecule has 2 saturated heterocycles. The second-order valence-electron chi connectivity index (χ2n) is 13.3. The highest BCUT2D eigenvalue weighted by Crippen LogP contribution is 2.30. The van der Waals surface area contributed by atoms with Crippen molar-refractivity contribution in [2.75, 3.05) is 26.8 Å². The lowest BCUT2D eigenvalue weighted by molar-refractivity contribution is -0.0592. The molecule has 10 heteroatoms. The minimum atomic E-state index is -0.432. The van der Waals surface area contributed by atoms with Crippen LogP contribution in [-0.4, -0.2) is 64.1 Å². The quantitative estimate of drug-likeness (QED) is 0.0948. The summed E-state index contributed by atoms with van der Waals surface area (Å²) in [5, 5.41) is 0. The Kier molecular flexibility index (Phi) is 11.4. The average Bonchev–Trinajstić information content (AvgIpc) is 3.44. The van der Waals surface area contributed by atoms with E-state index >= 15 is 4.39 Å². The molecule has 0 aliphatic carbocycles. The van der Waals surface area contributed by atoms with Crippen LogP contribution in [-0.2, 0) is 29.2 Å². The second kappa shape index (κ2) is 16.0. The van der Waals surface area contributed by atoms with Crippen LogP contribution in [0.5, 0.6) is 5.88 Å². The van der Waals surface area contributed by atoms with Gasteiger partial charge in [0.25, 0.3) is 0 Å². The number of hydrogen-bond acceptors (Lipinski definition) is 8. The Morgan fingerprint density at radius 2 is 1.73 bits per heavy atom. The first kappa shape index (κ1) is 34.7. The number of methoxy groups -OCH3 is 1. The molecule has 4 heterocycles. The van der Waals surface area contributed by atoms with E-state index in [1.54, 1.807) is 24.3 Å². The fourth-order valence-electron chi connectivity index (χ4n) is 7.01. The molecule has 2 aromatic carbocycles. The van der Waals surface area contributed by atoms with Crippen LogP contribution in [0.1, 0.15) is 103 Å². The second-order valence-corrected chi connectivity index (χ2v) is 13.3. The molecule has 2 fully saturated rings. The van der Waals surface area contributed by atoms with Crippen molar-refractivity contribution in [3.05, 3.63) is 88.6 Å². The number of pyridine rings is 1. The van der Waals surface area contributed by atoms with Crippen molar-refractivity contribution < 1.29 is 28.2 Å². The van der Waals surface area contributed by atoms with E-state index in [-0.39, 0.29) is 36.3 Å². The molecule has 0 radical (unpaired) electrons. The molecule has 2 aliphatic heterocycles. The Morgan fingerprint density at radius 1 is 0.980 bits per heavy atom. The third kappa shape index (κ3) is 8.19. The van der Waals surface area contributed by atoms with Gasteiger partial charge in [-0.15, -0.1) is 0 Å². The lowest BCUT2D eigenvalue weighted by Gasteiger charge is -2.32. The predicted molar refractivity (Wildman–Crippen MR) is 185 cm³/mol. The molecule has 0 amide bonds. The van der Waals surface area contributed by atoms with Gasteiger partial charge in [0.1, 0.15) is 18.2 Å². The van der Waals surface area contributed by atoms with E-state index in [2.05, 4.69) is 23.3 Å². The standard InChI is InChI=1S/C39H47FN4O5/c1-4-7-27(8-5-2)38(45)28-11-12-30(32(40)21-28)25-49-37-10-6-9-33(42-37)26-15-18-43(19-16-26)24-36-41-34-14-13-29(39(46)47-3)22-35(34)44(36)23-31-17-20-48-31/h6,9-14,21-22,26-27,31H,4-5,7-8,15-20,23-25H2,1-3H3. The maximum atomic E-state index is 15.1. The molecule has 2 aliphatic rings. The Labute approximate surface area is 287 Å². The number of carbonyl (C=O) groups is 2. The molecule has 0 spiro atoms. The number of carbonyl (C=O) groups excluding carboxylic acids is 2. The van der Waals surface area contributed by atoms with Gasteiger partial charge in [-0.3, -0.25) is 9.69 Å². The van der Waals surface area contributed by atoms with Gasteiger partial charge in [0, 0.05) is 41.3 Å². The molecule has 0 bridgehead atoms. The van der Waals surface area contributed by atoms with E-state index < -0.39 is 5.82 Å². The Balaban J connectivity index is 1.06. The molecule has 0 saturated carbocycles. The minimum absolute atomic E-state index is 0.0200. The number of imidazole rings is 1. The van der Waals surface area contributed by atoms with Crippen LogP contribution in [0.2, 0.25) is 0 Å². The number of likely N-dealkylation sites (tertiary alicyclic amines) is 1. The monoisotopic (exact) mass is 670 g/mol. The molecule has 4 aromatic rings. The van der Waals surface area contributed by atoms with Crippen molar-refractivity contribution in [2.24, 2.45) is 5.92 Å². The molecule has 1 atom stereocenters. The van der Waals surface area contributed by atoms with E-state index in [0.717, 1.165) is 87.2 Å². The van der Waals surface area contributed by atoms with Crippen molar-refractivity contribution in [3.63, 3.8) is 0 Å². The fourth-order valence-corrected chi connectivity index (χ4v) is 7.01. The zero-order valence-corrected chi connectivity index (χ0v) is 28.8. The Morgan fingerprint density at radius 3 is 2.41 bits per heavy atom. The van der Waals surface area contributed by atoms with Gasteiger partial charge >= 0.3 is 5.97 Å². The Bertz CT molecular complexity index is 1760. The first-order chi connectivity index (χ1) is 23.9. The first-order valence-electron chi connectivity index (χ1n) is 17.7. The zero-order chi connectivity index (χ0) is 34.3. The molecule has 0 N–H and O–H groups in total. The lowest BCUT2D eigenvalue weighted by atomic mass is 9.89. The predicted octanol–water partition coefficient (Wildman–Crippen LogP) is 7.50. The minimum Gasteiger partial charge on any atom is -0.473 e. The van der Waals surface area contributed by atoms with Crippen LogP contribution in [0, 0.1) is 11.7 Å². The van der Waals surface area contributed by atoms with Crippen LogP contribution in [0.15, 0.2) is 54.6 Å². The van der Waals surface area contributed by atoms with Gasteiger partial charge < -0.3 is 18.8 Å². The number of Topliss-reactive ketones (excluding diaryl/α,β-unsaturated/α-hetero) is 1. The van der Waals surface area contributed by atoms with Gasteiger partial charge in [0.15, 0.2) is 5.78 Å². The number of fused-ring (bicyclic) bond motifs is 1. The summed E-state index contributed by atoms with van der Waals surface area (Å²) in [4.78, 5) is 37.4. The van der Waals surface area contributed by atoms with Crippen LogP contribution >= 0.6 is 0 Å². The third-order valence-corrected chi connectivity index (χ3v) is 9.90. The van der Waals surface area contributed by atoms with E-state index in [4.69, 9.17) is 24.2 Å². The number of piperidine rings is 1. The van der Waals surface area contributed by atoms with E-state index in [0.29, 0.717) is 35.7 Å². The number of ketones is 1. The average molecular weight is 671 g/mol. The SMILES string of the molecule is CCCC(CCC)C(=O)c1ccc(COc2cccc(C3CCN(Cc4nc5ccc(C(=O)OC)cc5n4CC4CCO4)CC3)n2)c(F)c1. The van der Waals surface area contributed by atoms with Crippen molar-refractivity contribution in [3.8, 4) is 5.88 Å². The number of benzene rings is 2. The van der Waals surface area contributed by atoms with E-state index in [9.17, 15) is 9.59 Å². The van der Waals surface area contributed by atoms with Crippen molar-refractivity contribution >= 4 is 22.8 Å². The summed E-state index contributed by atoms with van der Waals surface area (Å²) in [6, 6.07) is 16.0. The summed E-state index contributed by atoms with van der Waals surface area (Å²) in [5.74, 6) is 0.873. The molecule has 2 aromatic heterocycles. The van der Waals surface area contributed by atoms with Crippen molar-refractivity contribution in [2.45, 2.75) is 90.5 Å². The molecule has 6 rings (SSSR count). The third-order valence-electron chi connectivity index (χ3n) is 9.90. The highest BCUT2D eigenvalue weighted by Gasteiger charge is 2.27. The number of rotatable bonds is 15. The van der Waals surface area contributed by atoms with Gasteiger partial charge in [-0.25, -0.2) is 19.2 Å². The van der Waals surface area contributed by atoms with Gasteiger partial charge in [-0.1, -0.05) is 44.9 Å². The number of hydrogen-bond donors (Lipinski definition) is 0. The van der Waals surface area contributed by atoms with Crippen LogP contribution < -0.4 is 4.74 Å². The van der Waals surface area contributed by atoms with Crippen LogP contribution in [0.25, 0.3) is 11.0 Å². The highest BCUT2D eigenvalue weighted by molar-refractivity contribution is 5.98. The van der Waals surface area contributed by atoms with Gasteiger partial charge in [0.2, 0.25) is 5.88 Å². The smallest absolute Gasteiger partial charge is 0.337 e. The topological polar surface area (TPSA) is 95.8 Å². The van der Waals surface area contributed by atoms with Crippen LogP contribution in [0.4, 0.5) is 4.39 Å². The molecular formula is C39H47FN4O5. The number of esters is 1. The van der Waals surface area contributed by atoms with E-state index in [1.807, 2.05) is 24.3 Å². The number of ether oxygens (including phenoxy) is 3. The maximum Gasteiger partial charge on any atom is 0.337 e. The summed E-state index contributed by atoms with van der Waals surface area (Å²) in [6.07, 6.45) is 6.54. The molecule has 260 valence electrons. The number of halogens is 1. The highest BCUT2D eigenvalue weighted by atomic mass is 19.1. The Hall–Kier alpha value is -4.15. The fraction of sp³-hybridized carbons (Fsp3) is 0.487. The molecule has 1 unspecified atom stereocenters. The van der Waals surface area contributed by atoms with Gasteiger partial charge in [-0.2, -0.15) is 0 Å². The largest absolute Gasteiger partial charge is 0.473 e. The number of nitrogens with zero attached hydrogens (tertiary/aromatic N) is 4. The van der Waals surface area contributed by atoms with E-state index in [1.165, 1.54) is 13.2 Å². The summed E-state index contributed by atoms with van der Waals surface area (Å²) < 4.78 is 33.9. The summed E-state index contributed by atoms with van der Waals surface area (Å²) >= 11 is 0. The van der Waals surface area contributed by atoms with Gasteiger partial charge in [-0.05, 0) is 75.5 Å². The zero-order valence-electron chi connectivity index (χ0n) is 28.8. The number of aromatic nitrogens is 3. The molecule has 49 heavy (non-hydrogen) atoms. The molecular weight excluding hydrogens is 623 g/mol. The summed E-state index contributed by atoms with van der Waals surface area (Å²) in [5.41, 5.74) is 4.08. The van der Waals surface area contributed by atoms with Gasteiger partial charge in [0.05, 0.1) is 42.9 Å². The first-order valence-corrected chi connectivity index (χ1v) is 17.7. The normalized spacial score (nSPS) is 17.0. The lowest BCUT2D eigenvalue weighted by Crippen LogP contribution is -2.35. The molecule has 9 nitrogen and oxygen atoms in total. The summed E-state index contributed by atoms with van der Waals surface area (Å²) in [6.45, 7) is 8.14. The van der Waals surface area contributed by atoms with Crippen LogP contribution in [0.3, 0.4) is 0 Å².